The molecule has 4 nitrogen and oxygen atoms in total. The third kappa shape index (κ3) is 2.41. The van der Waals surface area contributed by atoms with Crippen molar-refractivity contribution >= 4 is 11.6 Å². The van der Waals surface area contributed by atoms with Crippen LogP contribution in [0.3, 0.4) is 0 Å². The first-order chi connectivity index (χ1) is 9.10. The van der Waals surface area contributed by atoms with Crippen LogP contribution in [0.15, 0.2) is 18.5 Å². The number of benzene rings is 1. The van der Waals surface area contributed by atoms with E-state index in [4.69, 9.17) is 22.1 Å². The number of methoxy groups -OCH3 is 1. The van der Waals surface area contributed by atoms with Crippen LogP contribution >= 0.6 is 11.6 Å². The first kappa shape index (κ1) is 13.8. The van der Waals surface area contributed by atoms with E-state index in [-0.39, 0.29) is 0 Å². The standard InChI is InChI=1S/C14H16ClN3O/c1-8-6-11(19-3)12(9(2)13(8)15)14-10(7-16)17-4-5-18-14/h4-6H,7,16H2,1-3H3. The third-order valence-corrected chi connectivity index (χ3v) is 3.65. The average Bonchev–Trinajstić information content (AvgIpc) is 2.44. The van der Waals surface area contributed by atoms with E-state index in [0.29, 0.717) is 11.6 Å². The van der Waals surface area contributed by atoms with Crippen molar-refractivity contribution < 1.29 is 4.74 Å². The molecule has 1 aromatic heterocycles. The van der Waals surface area contributed by atoms with Gasteiger partial charge in [-0.25, -0.2) is 0 Å². The number of aromatic nitrogens is 2. The van der Waals surface area contributed by atoms with E-state index in [1.54, 1.807) is 19.5 Å². The van der Waals surface area contributed by atoms with Crippen molar-refractivity contribution in [1.82, 2.24) is 9.97 Å². The second-order valence-corrected chi connectivity index (χ2v) is 4.64. The fraction of sp³-hybridized carbons (Fsp3) is 0.286. The molecule has 0 saturated carbocycles. The number of ether oxygens (including phenoxy) is 1. The quantitative estimate of drug-likeness (QED) is 0.937. The molecule has 5 heteroatoms. The lowest BCUT2D eigenvalue weighted by molar-refractivity contribution is 0.415. The topological polar surface area (TPSA) is 61.0 Å². The molecule has 1 aromatic carbocycles. The number of aryl methyl sites for hydroxylation is 1. The number of hydrogen-bond donors (Lipinski definition) is 1. The predicted molar refractivity (Wildman–Crippen MR) is 76.4 cm³/mol. The molecule has 0 aliphatic heterocycles. The van der Waals surface area contributed by atoms with Gasteiger partial charge in [-0.1, -0.05) is 11.6 Å². The molecule has 0 aliphatic rings. The molecular formula is C14H16ClN3O. The van der Waals surface area contributed by atoms with Crippen LogP contribution < -0.4 is 10.5 Å². The molecule has 0 amide bonds. The van der Waals surface area contributed by atoms with Gasteiger partial charge in [0.25, 0.3) is 0 Å². The van der Waals surface area contributed by atoms with Crippen LogP contribution in [0, 0.1) is 13.8 Å². The molecule has 1 heterocycles. The Morgan fingerprint density at radius 3 is 2.58 bits per heavy atom. The summed E-state index contributed by atoms with van der Waals surface area (Å²) >= 11 is 6.32. The predicted octanol–water partition coefficient (Wildman–Crippen LogP) is 2.88. The molecule has 0 bridgehead atoms. The molecule has 0 saturated heterocycles. The second-order valence-electron chi connectivity index (χ2n) is 4.27. The van der Waals surface area contributed by atoms with E-state index in [2.05, 4.69) is 9.97 Å². The summed E-state index contributed by atoms with van der Waals surface area (Å²) in [6.07, 6.45) is 3.27. The Morgan fingerprint density at radius 2 is 1.95 bits per heavy atom. The average molecular weight is 278 g/mol. The van der Waals surface area contributed by atoms with Crippen molar-refractivity contribution in [3.05, 3.63) is 40.3 Å². The van der Waals surface area contributed by atoms with Crippen LogP contribution in [-0.2, 0) is 6.54 Å². The van der Waals surface area contributed by atoms with Gasteiger partial charge in [-0.2, -0.15) is 0 Å². The Hall–Kier alpha value is -1.65. The smallest absolute Gasteiger partial charge is 0.128 e. The maximum Gasteiger partial charge on any atom is 0.128 e. The molecule has 2 N–H and O–H groups in total. The highest BCUT2D eigenvalue weighted by atomic mass is 35.5. The van der Waals surface area contributed by atoms with Crippen molar-refractivity contribution in [2.75, 3.05) is 7.11 Å². The lowest BCUT2D eigenvalue weighted by Crippen LogP contribution is -2.05. The van der Waals surface area contributed by atoms with Crippen LogP contribution in [0.1, 0.15) is 16.8 Å². The fourth-order valence-corrected chi connectivity index (χ4v) is 2.25. The zero-order valence-corrected chi connectivity index (χ0v) is 12.0. The van der Waals surface area contributed by atoms with Gasteiger partial charge in [0, 0.05) is 29.5 Å². The van der Waals surface area contributed by atoms with Gasteiger partial charge in [-0.3, -0.25) is 9.97 Å². The van der Waals surface area contributed by atoms with Crippen molar-refractivity contribution in [3.8, 4) is 17.0 Å². The van der Waals surface area contributed by atoms with E-state index in [1.807, 2.05) is 19.9 Å². The largest absolute Gasteiger partial charge is 0.496 e. The van der Waals surface area contributed by atoms with E-state index in [9.17, 15) is 0 Å². The van der Waals surface area contributed by atoms with E-state index < -0.39 is 0 Å². The number of rotatable bonds is 3. The van der Waals surface area contributed by atoms with Gasteiger partial charge < -0.3 is 10.5 Å². The summed E-state index contributed by atoms with van der Waals surface area (Å²) in [5.41, 5.74) is 9.92. The summed E-state index contributed by atoms with van der Waals surface area (Å²) in [5, 5.41) is 0.712. The summed E-state index contributed by atoms with van der Waals surface area (Å²) in [4.78, 5) is 8.63. The van der Waals surface area contributed by atoms with Crippen molar-refractivity contribution in [2.24, 2.45) is 5.73 Å². The zero-order valence-electron chi connectivity index (χ0n) is 11.2. The van der Waals surface area contributed by atoms with Crippen LogP contribution in [0.2, 0.25) is 5.02 Å². The fourth-order valence-electron chi connectivity index (χ4n) is 2.10. The lowest BCUT2D eigenvalue weighted by atomic mass is 9.99. The molecule has 100 valence electrons. The molecule has 0 atom stereocenters. The Morgan fingerprint density at radius 1 is 1.26 bits per heavy atom. The van der Waals surface area contributed by atoms with E-state index >= 15 is 0 Å². The molecule has 2 aromatic rings. The molecule has 0 fully saturated rings. The number of hydrogen-bond acceptors (Lipinski definition) is 4. The van der Waals surface area contributed by atoms with Gasteiger partial charge in [-0.15, -0.1) is 0 Å². The number of halogens is 1. The van der Waals surface area contributed by atoms with Gasteiger partial charge in [0.05, 0.1) is 18.5 Å². The minimum Gasteiger partial charge on any atom is -0.496 e. The number of nitrogens with two attached hydrogens (primary N) is 1. The van der Waals surface area contributed by atoms with Gasteiger partial charge >= 0.3 is 0 Å². The van der Waals surface area contributed by atoms with Crippen molar-refractivity contribution in [2.45, 2.75) is 20.4 Å². The Balaban J connectivity index is 2.77. The lowest BCUT2D eigenvalue weighted by Gasteiger charge is -2.16. The Bertz CT molecular complexity index is 614. The monoisotopic (exact) mass is 277 g/mol. The molecule has 0 unspecified atom stereocenters. The first-order valence-electron chi connectivity index (χ1n) is 5.94. The van der Waals surface area contributed by atoms with E-state index in [0.717, 1.165) is 33.8 Å². The normalized spacial score (nSPS) is 10.6. The number of nitrogens with zero attached hydrogens (tertiary/aromatic N) is 2. The molecule has 2 rings (SSSR count). The van der Waals surface area contributed by atoms with Gasteiger partial charge in [0.2, 0.25) is 0 Å². The molecule has 19 heavy (non-hydrogen) atoms. The summed E-state index contributed by atoms with van der Waals surface area (Å²) in [5.74, 6) is 0.731. The highest BCUT2D eigenvalue weighted by Gasteiger charge is 2.18. The van der Waals surface area contributed by atoms with Crippen molar-refractivity contribution in [3.63, 3.8) is 0 Å². The molecular weight excluding hydrogens is 262 g/mol. The first-order valence-corrected chi connectivity index (χ1v) is 6.32. The van der Waals surface area contributed by atoms with Crippen LogP contribution in [0.4, 0.5) is 0 Å². The summed E-state index contributed by atoms with van der Waals surface area (Å²) in [6, 6.07) is 1.90. The molecule has 0 radical (unpaired) electrons. The van der Waals surface area contributed by atoms with Crippen LogP contribution in [0.25, 0.3) is 11.3 Å². The van der Waals surface area contributed by atoms with Crippen molar-refractivity contribution in [1.29, 1.82) is 0 Å². The highest BCUT2D eigenvalue weighted by Crippen LogP contribution is 2.38. The Labute approximate surface area is 117 Å². The maximum atomic E-state index is 6.32. The molecule has 0 spiro atoms. The minimum absolute atomic E-state index is 0.317. The van der Waals surface area contributed by atoms with Gasteiger partial charge in [0.1, 0.15) is 5.75 Å². The zero-order chi connectivity index (χ0) is 14.0. The van der Waals surface area contributed by atoms with Gasteiger partial charge in [-0.05, 0) is 31.0 Å². The van der Waals surface area contributed by atoms with Crippen LogP contribution in [-0.4, -0.2) is 17.1 Å². The minimum atomic E-state index is 0.317. The second kappa shape index (κ2) is 5.55. The third-order valence-electron chi connectivity index (χ3n) is 3.07. The summed E-state index contributed by atoms with van der Waals surface area (Å²) < 4.78 is 5.45. The van der Waals surface area contributed by atoms with Gasteiger partial charge in [0.15, 0.2) is 0 Å². The Kier molecular flexibility index (Phi) is 4.02. The SMILES string of the molecule is COc1cc(C)c(Cl)c(C)c1-c1nccnc1CN. The summed E-state index contributed by atoms with van der Waals surface area (Å²) in [7, 11) is 1.63. The summed E-state index contributed by atoms with van der Waals surface area (Å²) in [6.45, 7) is 4.21. The highest BCUT2D eigenvalue weighted by molar-refractivity contribution is 6.32. The van der Waals surface area contributed by atoms with E-state index in [1.165, 1.54) is 0 Å². The van der Waals surface area contributed by atoms with Crippen LogP contribution in [0.5, 0.6) is 5.75 Å². The maximum absolute atomic E-state index is 6.32. The molecule has 0 aliphatic carbocycles.